The molecule has 0 saturated carbocycles. The number of H-pyrrole nitrogens is 1. The van der Waals surface area contributed by atoms with E-state index in [4.69, 9.17) is 4.74 Å². The van der Waals surface area contributed by atoms with E-state index in [0.29, 0.717) is 19.7 Å². The van der Waals surface area contributed by atoms with Crippen molar-refractivity contribution in [3.05, 3.63) is 46.4 Å². The molecule has 1 aliphatic heterocycles. The van der Waals surface area contributed by atoms with Gasteiger partial charge in [-0.1, -0.05) is 6.07 Å². The molecule has 1 aliphatic rings. The van der Waals surface area contributed by atoms with Crippen LogP contribution in [-0.4, -0.2) is 50.3 Å². The summed E-state index contributed by atoms with van der Waals surface area (Å²) >= 11 is 0. The van der Waals surface area contributed by atoms with Gasteiger partial charge in [0.25, 0.3) is 5.91 Å². The molecule has 3 heterocycles. The van der Waals surface area contributed by atoms with Crippen LogP contribution in [0.25, 0.3) is 0 Å². The fraction of sp³-hybridized carbons (Fsp3) is 0.385. The quantitative estimate of drug-likeness (QED) is 0.820. The minimum absolute atomic E-state index is 0.0455. The van der Waals surface area contributed by atoms with Gasteiger partial charge in [0.05, 0.1) is 18.8 Å². The third-order valence-electron chi connectivity index (χ3n) is 3.34. The van der Waals surface area contributed by atoms with Crippen molar-refractivity contribution >= 4 is 5.91 Å². The molecule has 1 amide bonds. The number of hydrogen-bond acceptors (Lipinski definition) is 5. The first-order valence-corrected chi connectivity index (χ1v) is 6.60. The highest BCUT2D eigenvalue weighted by atomic mass is 16.5. The smallest absolute Gasteiger partial charge is 0.343 e. The third-order valence-corrected chi connectivity index (χ3v) is 3.34. The number of carbonyl (C=O) groups excluding carboxylic acids is 1. The van der Waals surface area contributed by atoms with E-state index in [2.05, 4.69) is 15.1 Å². The number of nitrogens with zero attached hydrogens (tertiary/aromatic N) is 4. The van der Waals surface area contributed by atoms with Gasteiger partial charge in [0.1, 0.15) is 6.10 Å². The lowest BCUT2D eigenvalue weighted by Crippen LogP contribution is -2.43. The summed E-state index contributed by atoms with van der Waals surface area (Å²) in [7, 11) is 1.49. The second-order valence-electron chi connectivity index (χ2n) is 4.77. The maximum atomic E-state index is 12.3. The van der Waals surface area contributed by atoms with Gasteiger partial charge < -0.3 is 9.64 Å². The van der Waals surface area contributed by atoms with Crippen molar-refractivity contribution in [3.8, 4) is 0 Å². The highest BCUT2D eigenvalue weighted by molar-refractivity contribution is 5.90. The van der Waals surface area contributed by atoms with Crippen molar-refractivity contribution in [2.45, 2.75) is 6.10 Å². The topological polar surface area (TPSA) is 93.1 Å². The minimum atomic E-state index is -0.409. The van der Waals surface area contributed by atoms with Crippen LogP contribution in [0, 0.1) is 0 Å². The maximum absolute atomic E-state index is 12.3. The number of carbonyl (C=O) groups is 1. The molecule has 1 unspecified atom stereocenters. The average Bonchev–Trinajstić information content (AvgIpc) is 2.87. The Morgan fingerprint density at radius 1 is 1.48 bits per heavy atom. The van der Waals surface area contributed by atoms with E-state index in [-0.39, 0.29) is 17.8 Å². The number of rotatable bonds is 2. The van der Waals surface area contributed by atoms with E-state index >= 15 is 0 Å². The van der Waals surface area contributed by atoms with Crippen molar-refractivity contribution in [2.75, 3.05) is 19.7 Å². The van der Waals surface area contributed by atoms with Gasteiger partial charge in [-0.3, -0.25) is 14.8 Å². The molecule has 1 N–H and O–H groups in total. The van der Waals surface area contributed by atoms with E-state index in [0.717, 1.165) is 10.4 Å². The van der Waals surface area contributed by atoms with Crippen molar-refractivity contribution in [1.29, 1.82) is 0 Å². The van der Waals surface area contributed by atoms with Crippen molar-refractivity contribution in [3.63, 3.8) is 0 Å². The number of hydrogen-bond donors (Lipinski definition) is 1. The molecular formula is C13H15N5O3. The standard InChI is InChI=1S/C13H15N5O3/c1-17-13(20)15-11(16-17)12(19)18-6-7-21-10(8-18)9-4-2-3-5-14-9/h2-5,10H,6-8H2,1H3,(H,15,16,20). The summed E-state index contributed by atoms with van der Waals surface area (Å²) < 4.78 is 6.76. The van der Waals surface area contributed by atoms with Crippen LogP contribution in [0.1, 0.15) is 22.4 Å². The van der Waals surface area contributed by atoms with Crippen molar-refractivity contribution < 1.29 is 9.53 Å². The SMILES string of the molecule is Cn1nc(C(=O)N2CCOC(c3ccccn3)C2)[nH]c1=O. The summed E-state index contributed by atoms with van der Waals surface area (Å²) in [5, 5.41) is 3.88. The van der Waals surface area contributed by atoms with Gasteiger partial charge in [-0.05, 0) is 12.1 Å². The van der Waals surface area contributed by atoms with Crippen LogP contribution < -0.4 is 5.69 Å². The Morgan fingerprint density at radius 2 is 2.33 bits per heavy atom. The fourth-order valence-corrected chi connectivity index (χ4v) is 2.23. The van der Waals surface area contributed by atoms with Crippen LogP contribution in [0.3, 0.4) is 0 Å². The maximum Gasteiger partial charge on any atom is 0.343 e. The first-order chi connectivity index (χ1) is 10.1. The summed E-state index contributed by atoms with van der Waals surface area (Å²) in [5.74, 6) is -0.263. The third kappa shape index (κ3) is 2.70. The molecule has 2 aromatic heterocycles. The molecular weight excluding hydrogens is 274 g/mol. The monoisotopic (exact) mass is 289 g/mol. The van der Waals surface area contributed by atoms with Gasteiger partial charge in [-0.25, -0.2) is 9.48 Å². The number of aromatic nitrogens is 4. The van der Waals surface area contributed by atoms with E-state index in [1.165, 1.54) is 7.05 Å². The Balaban J connectivity index is 1.77. The number of ether oxygens (including phenoxy) is 1. The number of pyridine rings is 1. The number of morpholine rings is 1. The molecule has 0 aliphatic carbocycles. The molecule has 0 spiro atoms. The van der Waals surface area contributed by atoms with Crippen LogP contribution in [0.2, 0.25) is 0 Å². The lowest BCUT2D eigenvalue weighted by Gasteiger charge is -2.32. The summed E-state index contributed by atoms with van der Waals surface area (Å²) in [5.41, 5.74) is 0.373. The van der Waals surface area contributed by atoms with E-state index in [9.17, 15) is 9.59 Å². The number of nitrogens with one attached hydrogen (secondary N) is 1. The number of aromatic amines is 1. The zero-order valence-corrected chi connectivity index (χ0v) is 11.5. The molecule has 3 rings (SSSR count). The fourth-order valence-electron chi connectivity index (χ4n) is 2.23. The molecule has 8 nitrogen and oxygen atoms in total. The van der Waals surface area contributed by atoms with Crippen LogP contribution in [0.15, 0.2) is 29.2 Å². The Labute approximate surface area is 120 Å². The van der Waals surface area contributed by atoms with E-state index in [1.54, 1.807) is 11.1 Å². The first kappa shape index (κ1) is 13.5. The summed E-state index contributed by atoms with van der Waals surface area (Å²) in [4.78, 5) is 32.0. The molecule has 110 valence electrons. The normalized spacial score (nSPS) is 18.7. The Hall–Kier alpha value is -2.48. The second-order valence-corrected chi connectivity index (χ2v) is 4.77. The summed E-state index contributed by atoms with van der Waals surface area (Å²) in [6, 6.07) is 5.57. The van der Waals surface area contributed by atoms with Crippen LogP contribution in [-0.2, 0) is 11.8 Å². The van der Waals surface area contributed by atoms with Gasteiger partial charge in [0.15, 0.2) is 0 Å². The Bertz CT molecular complexity index is 693. The molecule has 1 saturated heterocycles. The highest BCUT2D eigenvalue weighted by Gasteiger charge is 2.28. The highest BCUT2D eigenvalue weighted by Crippen LogP contribution is 2.20. The Morgan fingerprint density at radius 3 is 3.00 bits per heavy atom. The predicted molar refractivity (Wildman–Crippen MR) is 72.7 cm³/mol. The van der Waals surface area contributed by atoms with Crippen LogP contribution in [0.5, 0.6) is 0 Å². The molecule has 2 aromatic rings. The lowest BCUT2D eigenvalue weighted by atomic mass is 10.2. The van der Waals surface area contributed by atoms with Gasteiger partial charge in [0.2, 0.25) is 5.82 Å². The molecule has 0 bridgehead atoms. The van der Waals surface area contributed by atoms with Crippen molar-refractivity contribution in [1.82, 2.24) is 24.6 Å². The van der Waals surface area contributed by atoms with Gasteiger partial charge >= 0.3 is 5.69 Å². The van der Waals surface area contributed by atoms with Crippen LogP contribution in [0.4, 0.5) is 0 Å². The van der Waals surface area contributed by atoms with Crippen LogP contribution >= 0.6 is 0 Å². The molecule has 1 fully saturated rings. The molecule has 0 radical (unpaired) electrons. The van der Waals surface area contributed by atoms with Gasteiger partial charge in [-0.2, -0.15) is 0 Å². The number of aryl methyl sites for hydroxylation is 1. The molecule has 1 atom stereocenters. The predicted octanol–water partition coefficient (Wildman–Crippen LogP) is -0.283. The first-order valence-electron chi connectivity index (χ1n) is 6.60. The van der Waals surface area contributed by atoms with Gasteiger partial charge in [0, 0.05) is 19.8 Å². The van der Waals surface area contributed by atoms with E-state index in [1.807, 2.05) is 18.2 Å². The summed E-state index contributed by atoms with van der Waals surface area (Å²) in [6.45, 7) is 1.26. The van der Waals surface area contributed by atoms with E-state index < -0.39 is 5.69 Å². The minimum Gasteiger partial charge on any atom is -0.368 e. The van der Waals surface area contributed by atoms with Gasteiger partial charge in [-0.15, -0.1) is 5.10 Å². The second kappa shape index (κ2) is 5.49. The number of amides is 1. The molecule has 8 heteroatoms. The summed E-state index contributed by atoms with van der Waals surface area (Å²) in [6.07, 6.45) is 1.43. The zero-order valence-electron chi connectivity index (χ0n) is 11.5. The lowest BCUT2D eigenvalue weighted by molar-refractivity contribution is -0.0251. The average molecular weight is 289 g/mol. The Kier molecular flexibility index (Phi) is 3.53. The molecule has 0 aromatic carbocycles. The molecule has 21 heavy (non-hydrogen) atoms. The zero-order chi connectivity index (χ0) is 14.8. The van der Waals surface area contributed by atoms with Crippen molar-refractivity contribution in [2.24, 2.45) is 7.05 Å². The largest absolute Gasteiger partial charge is 0.368 e.